The van der Waals surface area contributed by atoms with Gasteiger partial charge in [-0.05, 0) is 89.9 Å². The van der Waals surface area contributed by atoms with E-state index in [1.807, 2.05) is 6.08 Å². The summed E-state index contributed by atoms with van der Waals surface area (Å²) in [5, 5.41) is 54.1. The largest absolute Gasteiger partial charge is 0.466 e. The van der Waals surface area contributed by atoms with Gasteiger partial charge in [0.15, 0.2) is 6.29 Å². The molecule has 65 heavy (non-hydrogen) atoms. The molecule has 1 rings (SSSR count). The molecule has 0 aromatic rings. The molecule has 0 bridgehead atoms. The third kappa shape index (κ3) is 34.6. The molecule has 1 aliphatic rings. The molecule has 1 amide bonds. The van der Waals surface area contributed by atoms with Crippen LogP contribution in [0.2, 0.25) is 0 Å². The average Bonchev–Trinajstić information content (AvgIpc) is 3.30. The van der Waals surface area contributed by atoms with Crippen molar-refractivity contribution in [3.63, 3.8) is 0 Å². The van der Waals surface area contributed by atoms with Gasteiger partial charge in [-0.15, -0.1) is 0 Å². The van der Waals surface area contributed by atoms with E-state index in [0.717, 1.165) is 89.9 Å². The molecule has 1 aliphatic heterocycles. The van der Waals surface area contributed by atoms with Crippen molar-refractivity contribution < 1.29 is 49.3 Å². The summed E-state index contributed by atoms with van der Waals surface area (Å²) in [4.78, 5) is 25.0. The highest BCUT2D eigenvalue weighted by atomic mass is 16.7. The smallest absolute Gasteiger partial charge is 0.305 e. The summed E-state index contributed by atoms with van der Waals surface area (Å²) in [6, 6.07) is -0.839. The minimum atomic E-state index is -1.58. The number of hydrogen-bond acceptors (Lipinski definition) is 10. The molecule has 0 spiro atoms. The van der Waals surface area contributed by atoms with Gasteiger partial charge in [0.2, 0.25) is 5.91 Å². The Morgan fingerprint density at radius 1 is 0.554 bits per heavy atom. The minimum Gasteiger partial charge on any atom is -0.466 e. The predicted molar refractivity (Wildman–Crippen MR) is 264 cm³/mol. The fraction of sp³-hybridized carbons (Fsp3) is 0.815. The third-order valence-corrected chi connectivity index (χ3v) is 12.1. The number of carbonyl (C=O) groups is 2. The van der Waals surface area contributed by atoms with Crippen molar-refractivity contribution in [2.24, 2.45) is 0 Å². The monoisotopic (exact) mass is 920 g/mol. The van der Waals surface area contributed by atoms with Crippen molar-refractivity contribution in [2.75, 3.05) is 19.8 Å². The third-order valence-electron chi connectivity index (χ3n) is 12.1. The number of amides is 1. The molecule has 0 aromatic carbocycles. The zero-order chi connectivity index (χ0) is 47.4. The number of hydrogen-bond donors (Lipinski definition) is 6. The second-order valence-corrected chi connectivity index (χ2v) is 18.2. The van der Waals surface area contributed by atoms with Crippen LogP contribution in [0.4, 0.5) is 0 Å². The number of allylic oxidation sites excluding steroid dienone is 7. The van der Waals surface area contributed by atoms with Crippen LogP contribution in [-0.4, -0.2) is 100 Å². The van der Waals surface area contributed by atoms with E-state index < -0.39 is 49.5 Å². The summed E-state index contributed by atoms with van der Waals surface area (Å²) in [5.74, 6) is -0.247. The molecular weight excluding hydrogens is 823 g/mol. The lowest BCUT2D eigenvalue weighted by Gasteiger charge is -2.40. The van der Waals surface area contributed by atoms with Crippen LogP contribution in [0.25, 0.3) is 0 Å². The summed E-state index contributed by atoms with van der Waals surface area (Å²) in [5.41, 5.74) is 0. The summed E-state index contributed by atoms with van der Waals surface area (Å²) < 4.78 is 16.6. The first-order chi connectivity index (χ1) is 31.7. The van der Waals surface area contributed by atoms with Crippen molar-refractivity contribution in [3.05, 3.63) is 48.6 Å². The van der Waals surface area contributed by atoms with Crippen LogP contribution in [0.1, 0.15) is 219 Å². The van der Waals surface area contributed by atoms with Gasteiger partial charge >= 0.3 is 5.97 Å². The minimum absolute atomic E-state index is 0.0338. The fourth-order valence-electron chi connectivity index (χ4n) is 7.83. The number of carbonyl (C=O) groups excluding carboxylic acids is 2. The van der Waals surface area contributed by atoms with Crippen LogP contribution in [-0.2, 0) is 23.8 Å². The first-order valence-corrected chi connectivity index (χ1v) is 26.4. The van der Waals surface area contributed by atoms with Gasteiger partial charge in [0.05, 0.1) is 32.0 Å². The quantitative estimate of drug-likeness (QED) is 0.0196. The van der Waals surface area contributed by atoms with Gasteiger partial charge in [-0.25, -0.2) is 0 Å². The zero-order valence-electron chi connectivity index (χ0n) is 41.2. The van der Waals surface area contributed by atoms with Gasteiger partial charge in [0.1, 0.15) is 24.4 Å². The van der Waals surface area contributed by atoms with E-state index in [2.05, 4.69) is 55.6 Å². The average molecular weight is 920 g/mol. The van der Waals surface area contributed by atoms with E-state index in [9.17, 15) is 35.1 Å². The molecule has 378 valence electrons. The molecule has 11 heteroatoms. The molecule has 1 saturated heterocycles. The van der Waals surface area contributed by atoms with E-state index in [1.165, 1.54) is 103 Å². The van der Waals surface area contributed by atoms with Crippen molar-refractivity contribution >= 4 is 11.9 Å². The van der Waals surface area contributed by atoms with E-state index in [1.54, 1.807) is 6.08 Å². The molecule has 0 saturated carbocycles. The maximum Gasteiger partial charge on any atom is 0.305 e. The summed E-state index contributed by atoms with van der Waals surface area (Å²) in [7, 11) is 0. The number of esters is 1. The van der Waals surface area contributed by atoms with E-state index >= 15 is 0 Å². The maximum absolute atomic E-state index is 13.0. The van der Waals surface area contributed by atoms with Gasteiger partial charge < -0.3 is 45.1 Å². The Labute approximate surface area is 396 Å². The Morgan fingerprint density at radius 3 is 1.57 bits per heavy atom. The summed E-state index contributed by atoms with van der Waals surface area (Å²) in [6.07, 6.45) is 43.4. The Kier molecular flexibility index (Phi) is 41.2. The highest BCUT2D eigenvalue weighted by molar-refractivity contribution is 5.76. The van der Waals surface area contributed by atoms with Crippen molar-refractivity contribution in [1.29, 1.82) is 0 Å². The summed E-state index contributed by atoms with van der Waals surface area (Å²) in [6.45, 7) is 4.19. The van der Waals surface area contributed by atoms with Crippen LogP contribution in [0.3, 0.4) is 0 Å². The Balaban J connectivity index is 2.15. The van der Waals surface area contributed by atoms with Crippen LogP contribution < -0.4 is 5.32 Å². The molecule has 11 nitrogen and oxygen atoms in total. The Hall–Kier alpha value is -2.38. The lowest BCUT2D eigenvalue weighted by atomic mass is 9.99. The zero-order valence-corrected chi connectivity index (χ0v) is 41.2. The van der Waals surface area contributed by atoms with Crippen LogP contribution in [0.15, 0.2) is 48.6 Å². The lowest BCUT2D eigenvalue weighted by Crippen LogP contribution is -2.60. The summed E-state index contributed by atoms with van der Waals surface area (Å²) >= 11 is 0. The van der Waals surface area contributed by atoms with E-state index in [0.29, 0.717) is 19.4 Å². The van der Waals surface area contributed by atoms with Crippen LogP contribution >= 0.6 is 0 Å². The molecule has 1 heterocycles. The highest BCUT2D eigenvalue weighted by Gasteiger charge is 2.44. The topological polar surface area (TPSA) is 175 Å². The number of ether oxygens (including phenoxy) is 3. The second-order valence-electron chi connectivity index (χ2n) is 18.2. The van der Waals surface area contributed by atoms with Gasteiger partial charge in [-0.2, -0.15) is 0 Å². The number of nitrogens with one attached hydrogen (secondary N) is 1. The Morgan fingerprint density at radius 2 is 1.02 bits per heavy atom. The van der Waals surface area contributed by atoms with E-state index in [-0.39, 0.29) is 18.5 Å². The number of rotatable bonds is 44. The van der Waals surface area contributed by atoms with Crippen molar-refractivity contribution in [3.8, 4) is 0 Å². The van der Waals surface area contributed by atoms with Gasteiger partial charge in [0, 0.05) is 12.8 Å². The van der Waals surface area contributed by atoms with Crippen molar-refractivity contribution in [1.82, 2.24) is 5.32 Å². The highest BCUT2D eigenvalue weighted by Crippen LogP contribution is 2.22. The number of aliphatic hydroxyl groups is 5. The number of aliphatic hydroxyl groups excluding tert-OH is 5. The molecule has 6 N–H and O–H groups in total. The molecule has 0 radical (unpaired) electrons. The standard InChI is InChI=1S/C54H97NO10/c1-3-5-7-9-11-13-21-26-30-34-38-42-50(59)63-43-39-35-31-27-23-20-18-16-15-17-19-22-25-29-33-37-41-49(58)55-46(45-64-54-53(62)52(61)51(60)48(44-56)65-54)47(57)40-36-32-28-24-14-12-10-8-6-4-2/h9,11,14-15,17,24,36,40,46-48,51-54,56-57,60-62H,3-8,10,12-13,16,18-23,25-35,37-39,41-45H2,1-2H3,(H,55,58)/b11-9-,17-15-,24-14+,40-36+. The Bertz CT molecular complexity index is 1220. The molecule has 1 fully saturated rings. The molecule has 0 aromatic heterocycles. The molecule has 0 aliphatic carbocycles. The van der Waals surface area contributed by atoms with Crippen molar-refractivity contribution in [2.45, 2.75) is 262 Å². The van der Waals surface area contributed by atoms with Gasteiger partial charge in [0.25, 0.3) is 0 Å². The predicted octanol–water partition coefficient (Wildman–Crippen LogP) is 10.9. The maximum atomic E-state index is 13.0. The SMILES string of the molecule is CCCC/C=C\CCCCCCCC(=O)OCCCCCCCCC/C=C\CCCCCCCC(=O)NC(COC1OC(CO)C(O)C(O)C1O)C(O)/C=C/CC/C=C/CCCCCC. The molecule has 7 unspecified atom stereocenters. The number of unbranched alkanes of at least 4 members (excludes halogenated alkanes) is 24. The van der Waals surface area contributed by atoms with E-state index in [4.69, 9.17) is 14.2 Å². The second kappa shape index (κ2) is 44.1. The van der Waals surface area contributed by atoms with Crippen LogP contribution in [0.5, 0.6) is 0 Å². The lowest BCUT2D eigenvalue weighted by molar-refractivity contribution is -0.302. The molecular formula is C54H97NO10. The first kappa shape index (κ1) is 60.6. The first-order valence-electron chi connectivity index (χ1n) is 26.4. The fourth-order valence-corrected chi connectivity index (χ4v) is 7.83. The normalized spacial score (nSPS) is 20.1. The van der Waals surface area contributed by atoms with Gasteiger partial charge in [-0.3, -0.25) is 9.59 Å². The van der Waals surface area contributed by atoms with Crippen LogP contribution in [0, 0.1) is 0 Å². The molecule has 7 atom stereocenters. The van der Waals surface area contributed by atoms with Gasteiger partial charge in [-0.1, -0.05) is 165 Å².